The van der Waals surface area contributed by atoms with Crippen molar-refractivity contribution in [3.05, 3.63) is 88.0 Å². The summed E-state index contributed by atoms with van der Waals surface area (Å²) in [6, 6.07) is 25.3. The fourth-order valence-electron chi connectivity index (χ4n) is 2.53. The molecule has 3 aromatic rings. The van der Waals surface area contributed by atoms with Crippen LogP contribution in [0.25, 0.3) is 11.1 Å². The van der Waals surface area contributed by atoms with Crippen molar-refractivity contribution in [2.75, 3.05) is 0 Å². The summed E-state index contributed by atoms with van der Waals surface area (Å²) in [5.74, 6) is -0.414. The normalized spacial score (nSPS) is 11.7. The van der Waals surface area contributed by atoms with Crippen molar-refractivity contribution in [3.63, 3.8) is 0 Å². The van der Waals surface area contributed by atoms with E-state index in [1.807, 2.05) is 78.9 Å². The molecule has 0 heterocycles. The molecule has 3 aromatic carbocycles. The van der Waals surface area contributed by atoms with Gasteiger partial charge in [0.1, 0.15) is 5.75 Å². The van der Waals surface area contributed by atoms with Gasteiger partial charge in [-0.3, -0.25) is 0 Å². The highest BCUT2D eigenvalue weighted by Crippen LogP contribution is 2.23. The van der Waals surface area contributed by atoms with Crippen LogP contribution in [0.15, 0.2) is 78.9 Å². The van der Waals surface area contributed by atoms with Crippen LogP contribution in [0, 0.1) is 3.57 Å². The van der Waals surface area contributed by atoms with E-state index in [0.717, 1.165) is 20.3 Å². The van der Waals surface area contributed by atoms with Gasteiger partial charge in [0.05, 0.1) is 0 Å². The molecule has 0 saturated heterocycles. The molecule has 0 saturated carbocycles. The fourth-order valence-corrected chi connectivity index (χ4v) is 2.89. The molecule has 4 heteroatoms. The van der Waals surface area contributed by atoms with Gasteiger partial charge in [0.15, 0.2) is 6.10 Å². The highest BCUT2D eigenvalue weighted by atomic mass is 127. The predicted octanol–water partition coefficient (Wildman–Crippen LogP) is 5.03. The molecule has 0 amide bonds. The Morgan fingerprint density at radius 2 is 1.48 bits per heavy atom. The number of benzene rings is 3. The molecule has 0 unspecified atom stereocenters. The Balaban J connectivity index is 1.72. The zero-order valence-corrected chi connectivity index (χ0v) is 15.6. The summed E-state index contributed by atoms with van der Waals surface area (Å²) < 4.78 is 6.82. The maximum absolute atomic E-state index is 11.5. The lowest BCUT2D eigenvalue weighted by atomic mass is 10.1. The lowest BCUT2D eigenvalue weighted by Gasteiger charge is -2.15. The molecule has 0 fully saturated rings. The number of carboxylic acid groups (broad SMARTS) is 1. The number of halogens is 1. The summed E-state index contributed by atoms with van der Waals surface area (Å²) in [5, 5.41) is 9.46. The smallest absolute Gasteiger partial charge is 0.345 e. The Morgan fingerprint density at radius 1 is 0.880 bits per heavy atom. The van der Waals surface area contributed by atoms with Crippen molar-refractivity contribution in [2.24, 2.45) is 0 Å². The van der Waals surface area contributed by atoms with Crippen LogP contribution < -0.4 is 4.74 Å². The van der Waals surface area contributed by atoms with E-state index in [4.69, 9.17) is 4.74 Å². The molecule has 3 rings (SSSR count). The first-order valence-electron chi connectivity index (χ1n) is 7.91. The first-order chi connectivity index (χ1) is 12.1. The van der Waals surface area contributed by atoms with Crippen LogP contribution in [0.5, 0.6) is 5.75 Å². The van der Waals surface area contributed by atoms with Crippen molar-refractivity contribution in [2.45, 2.75) is 12.5 Å². The van der Waals surface area contributed by atoms with Crippen LogP contribution in [-0.4, -0.2) is 17.2 Å². The zero-order valence-electron chi connectivity index (χ0n) is 13.4. The van der Waals surface area contributed by atoms with Crippen molar-refractivity contribution in [1.82, 2.24) is 0 Å². The third-order valence-electron chi connectivity index (χ3n) is 3.85. The summed E-state index contributed by atoms with van der Waals surface area (Å²) in [5.41, 5.74) is 3.12. The molecule has 0 bridgehead atoms. The van der Waals surface area contributed by atoms with Crippen molar-refractivity contribution in [3.8, 4) is 16.9 Å². The quantitative estimate of drug-likeness (QED) is 0.543. The number of hydrogen-bond acceptors (Lipinski definition) is 2. The second-order valence-electron chi connectivity index (χ2n) is 5.67. The molecule has 0 aliphatic carbocycles. The van der Waals surface area contributed by atoms with E-state index in [1.165, 1.54) is 0 Å². The summed E-state index contributed by atoms with van der Waals surface area (Å²) >= 11 is 2.22. The molecule has 0 spiro atoms. The Hall–Kier alpha value is -2.34. The maximum atomic E-state index is 11.5. The molecule has 126 valence electrons. The van der Waals surface area contributed by atoms with Crippen LogP contribution in [-0.2, 0) is 11.2 Å². The number of hydrogen-bond donors (Lipinski definition) is 1. The van der Waals surface area contributed by atoms with E-state index in [1.54, 1.807) is 0 Å². The first-order valence-corrected chi connectivity index (χ1v) is 8.99. The van der Waals surface area contributed by atoms with Gasteiger partial charge in [0, 0.05) is 9.99 Å². The lowest BCUT2D eigenvalue weighted by Crippen LogP contribution is -2.29. The van der Waals surface area contributed by atoms with E-state index in [-0.39, 0.29) is 0 Å². The average molecular weight is 444 g/mol. The second kappa shape index (κ2) is 8.16. The highest BCUT2D eigenvalue weighted by Gasteiger charge is 2.20. The minimum Gasteiger partial charge on any atom is -0.478 e. The van der Waals surface area contributed by atoms with Gasteiger partial charge >= 0.3 is 5.97 Å². The van der Waals surface area contributed by atoms with Gasteiger partial charge in [-0.25, -0.2) is 4.79 Å². The standard InChI is InChI=1S/C21H17IO3/c22-18-10-6-15(7-11-18)14-20(21(23)24)25-19-12-8-17(9-13-19)16-4-2-1-3-5-16/h1-13,20H,14H2,(H,23,24)/t20-/m0/s1. The van der Waals surface area contributed by atoms with Crippen molar-refractivity contribution >= 4 is 28.6 Å². The van der Waals surface area contributed by atoms with Gasteiger partial charge in [0.25, 0.3) is 0 Å². The van der Waals surface area contributed by atoms with E-state index < -0.39 is 12.1 Å². The SMILES string of the molecule is O=C(O)[C@H](Cc1ccc(I)cc1)Oc1ccc(-c2ccccc2)cc1. The summed E-state index contributed by atoms with van der Waals surface area (Å²) in [7, 11) is 0. The first kappa shape index (κ1) is 17.5. The Morgan fingerprint density at radius 3 is 2.08 bits per heavy atom. The van der Waals surface area contributed by atoms with E-state index in [2.05, 4.69) is 22.6 Å². The van der Waals surface area contributed by atoms with Crippen molar-refractivity contribution < 1.29 is 14.6 Å². The Labute approximate surface area is 160 Å². The van der Waals surface area contributed by atoms with Gasteiger partial charge in [0.2, 0.25) is 0 Å². The maximum Gasteiger partial charge on any atom is 0.345 e. The molecule has 0 aliphatic rings. The summed E-state index contributed by atoms with van der Waals surface area (Å²) in [6.45, 7) is 0. The lowest BCUT2D eigenvalue weighted by molar-refractivity contribution is -0.145. The average Bonchev–Trinajstić information content (AvgIpc) is 2.64. The van der Waals surface area contributed by atoms with E-state index >= 15 is 0 Å². The Kier molecular flexibility index (Phi) is 5.71. The van der Waals surface area contributed by atoms with Crippen LogP contribution in [0.1, 0.15) is 5.56 Å². The molecule has 3 nitrogen and oxygen atoms in total. The molecule has 0 aromatic heterocycles. The third kappa shape index (κ3) is 4.82. The highest BCUT2D eigenvalue weighted by molar-refractivity contribution is 14.1. The molecular formula is C21H17IO3. The monoisotopic (exact) mass is 444 g/mol. The number of rotatable bonds is 6. The number of carbonyl (C=O) groups is 1. The molecule has 0 aliphatic heterocycles. The van der Waals surface area contributed by atoms with Gasteiger partial charge in [-0.1, -0.05) is 54.6 Å². The predicted molar refractivity (Wildman–Crippen MR) is 107 cm³/mol. The van der Waals surface area contributed by atoms with Crippen molar-refractivity contribution in [1.29, 1.82) is 0 Å². The molecule has 0 radical (unpaired) electrons. The number of aliphatic carboxylic acids is 1. The Bertz CT molecular complexity index is 827. The van der Waals surface area contributed by atoms with E-state index in [9.17, 15) is 9.90 Å². The van der Waals surface area contributed by atoms with Gasteiger partial charge in [-0.15, -0.1) is 0 Å². The minimum atomic E-state index is -0.967. The third-order valence-corrected chi connectivity index (χ3v) is 4.57. The van der Waals surface area contributed by atoms with Crippen LogP contribution in [0.2, 0.25) is 0 Å². The summed E-state index contributed by atoms with van der Waals surface area (Å²) in [6.07, 6.45) is -0.588. The molecule has 1 N–H and O–H groups in total. The number of carboxylic acids is 1. The largest absolute Gasteiger partial charge is 0.478 e. The van der Waals surface area contributed by atoms with Gasteiger partial charge < -0.3 is 9.84 Å². The summed E-state index contributed by atoms with van der Waals surface area (Å²) in [4.78, 5) is 11.5. The zero-order chi connectivity index (χ0) is 17.6. The topological polar surface area (TPSA) is 46.5 Å². The van der Waals surface area contributed by atoms with E-state index in [0.29, 0.717) is 12.2 Å². The molecule has 1 atom stereocenters. The van der Waals surface area contributed by atoms with Gasteiger partial charge in [-0.05, 0) is 63.5 Å². The van der Waals surface area contributed by atoms with Crippen LogP contribution >= 0.6 is 22.6 Å². The molecule has 25 heavy (non-hydrogen) atoms. The van der Waals surface area contributed by atoms with Crippen LogP contribution in [0.3, 0.4) is 0 Å². The molecular weight excluding hydrogens is 427 g/mol. The van der Waals surface area contributed by atoms with Crippen LogP contribution in [0.4, 0.5) is 0 Å². The van der Waals surface area contributed by atoms with Gasteiger partial charge in [-0.2, -0.15) is 0 Å². The minimum absolute atomic E-state index is 0.326. The second-order valence-corrected chi connectivity index (χ2v) is 6.91. The fraction of sp³-hybridized carbons (Fsp3) is 0.0952. The number of ether oxygens (including phenoxy) is 1.